The van der Waals surface area contributed by atoms with Crippen molar-refractivity contribution < 1.29 is 39.3 Å². The molecule has 0 rings (SSSR count). The number of amides is 3. The largest absolute Gasteiger partial charge is 0.481 e. The Labute approximate surface area is 186 Å². The van der Waals surface area contributed by atoms with Gasteiger partial charge in [-0.15, -0.1) is 0 Å². The maximum atomic E-state index is 12.7. The Kier molecular flexibility index (Phi) is 13.1. The Morgan fingerprint density at radius 2 is 1.41 bits per heavy atom. The highest BCUT2D eigenvalue weighted by Gasteiger charge is 2.33. The summed E-state index contributed by atoms with van der Waals surface area (Å²) in [7, 11) is 0. The molecule has 10 N–H and O–H groups in total. The summed E-state index contributed by atoms with van der Waals surface area (Å²) >= 11 is 0. The monoisotopic (exact) mass is 461 g/mol. The van der Waals surface area contributed by atoms with Crippen molar-refractivity contribution in [2.75, 3.05) is 6.54 Å². The molecule has 0 aromatic carbocycles. The quantitative estimate of drug-likeness (QED) is 0.119. The Morgan fingerprint density at radius 1 is 0.844 bits per heavy atom. The normalized spacial score (nSPS) is 15.7. The highest BCUT2D eigenvalue weighted by molar-refractivity contribution is 5.95. The SMILES string of the molecule is CC(C)C(NC(=O)C(CCCCN)NC(=O)C(NC(=O)C(N)CC(=O)O)C(C)O)C(=O)O. The summed E-state index contributed by atoms with van der Waals surface area (Å²) in [5.74, 6) is -5.60. The van der Waals surface area contributed by atoms with Gasteiger partial charge in [0.05, 0.1) is 18.6 Å². The van der Waals surface area contributed by atoms with Crippen molar-refractivity contribution >= 4 is 29.7 Å². The van der Waals surface area contributed by atoms with E-state index in [2.05, 4.69) is 16.0 Å². The summed E-state index contributed by atoms with van der Waals surface area (Å²) in [6, 6.07) is -5.31. The van der Waals surface area contributed by atoms with E-state index in [4.69, 9.17) is 16.6 Å². The van der Waals surface area contributed by atoms with Crippen molar-refractivity contribution in [3.8, 4) is 0 Å². The number of aliphatic hydroxyl groups is 1. The van der Waals surface area contributed by atoms with Gasteiger partial charge in [0, 0.05) is 0 Å². The number of unbranched alkanes of at least 4 members (excludes halogenated alkanes) is 1. The first-order valence-electron chi connectivity index (χ1n) is 10.3. The molecule has 0 aromatic heterocycles. The first-order chi connectivity index (χ1) is 14.8. The van der Waals surface area contributed by atoms with E-state index in [0.717, 1.165) is 0 Å². The molecule has 0 radical (unpaired) electrons. The van der Waals surface area contributed by atoms with Crippen molar-refractivity contribution in [1.82, 2.24) is 16.0 Å². The third-order valence-corrected chi connectivity index (χ3v) is 4.60. The molecule has 13 nitrogen and oxygen atoms in total. The van der Waals surface area contributed by atoms with Gasteiger partial charge in [0.2, 0.25) is 17.7 Å². The number of aliphatic carboxylic acids is 2. The minimum atomic E-state index is -1.52. The van der Waals surface area contributed by atoms with Crippen LogP contribution in [0.25, 0.3) is 0 Å². The summed E-state index contributed by atoms with van der Waals surface area (Å²) in [6.45, 7) is 4.79. The average molecular weight is 462 g/mol. The Bertz CT molecular complexity index is 670. The Hall–Kier alpha value is -2.77. The summed E-state index contributed by atoms with van der Waals surface area (Å²) < 4.78 is 0. The number of carboxylic acids is 2. The van der Waals surface area contributed by atoms with Gasteiger partial charge in [-0.2, -0.15) is 0 Å². The highest BCUT2D eigenvalue weighted by Crippen LogP contribution is 2.07. The second kappa shape index (κ2) is 14.3. The first kappa shape index (κ1) is 29.2. The summed E-state index contributed by atoms with van der Waals surface area (Å²) in [5.41, 5.74) is 10.9. The number of carbonyl (C=O) groups excluding carboxylic acids is 3. The van der Waals surface area contributed by atoms with E-state index < -0.39 is 72.3 Å². The molecule has 0 aliphatic heterocycles. The molecular formula is C19H35N5O8. The van der Waals surface area contributed by atoms with Crippen molar-refractivity contribution in [2.45, 2.75) is 76.7 Å². The lowest BCUT2D eigenvalue weighted by atomic mass is 10.0. The fourth-order valence-corrected chi connectivity index (χ4v) is 2.74. The second-order valence-electron chi connectivity index (χ2n) is 7.85. The fraction of sp³-hybridized carbons (Fsp3) is 0.737. The number of hydrogen-bond donors (Lipinski definition) is 8. The molecule has 0 saturated heterocycles. The van der Waals surface area contributed by atoms with Crippen LogP contribution in [0.4, 0.5) is 0 Å². The zero-order valence-corrected chi connectivity index (χ0v) is 18.5. The number of nitrogens with two attached hydrogens (primary N) is 2. The van der Waals surface area contributed by atoms with Crippen molar-refractivity contribution in [3.63, 3.8) is 0 Å². The lowest BCUT2D eigenvalue weighted by molar-refractivity contribution is -0.143. The van der Waals surface area contributed by atoms with E-state index in [1.54, 1.807) is 13.8 Å². The van der Waals surface area contributed by atoms with Crippen molar-refractivity contribution in [2.24, 2.45) is 17.4 Å². The first-order valence-corrected chi connectivity index (χ1v) is 10.3. The van der Waals surface area contributed by atoms with Crippen LogP contribution in [0.15, 0.2) is 0 Å². The average Bonchev–Trinajstić information content (AvgIpc) is 2.67. The van der Waals surface area contributed by atoms with Gasteiger partial charge in [0.25, 0.3) is 0 Å². The molecule has 0 spiro atoms. The molecule has 0 aliphatic carbocycles. The topological polar surface area (TPSA) is 234 Å². The van der Waals surface area contributed by atoms with Crippen LogP contribution in [0.1, 0.15) is 46.5 Å². The summed E-state index contributed by atoms with van der Waals surface area (Å²) in [4.78, 5) is 59.6. The molecule has 13 heteroatoms. The zero-order chi connectivity index (χ0) is 25.0. The smallest absolute Gasteiger partial charge is 0.326 e. The number of carbonyl (C=O) groups is 5. The Balaban J connectivity index is 5.43. The highest BCUT2D eigenvalue weighted by atomic mass is 16.4. The standard InChI is InChI=1S/C19H35N5O8/c1-9(2)14(19(31)32)23-17(29)12(6-4-5-7-20)22-18(30)15(10(3)25)24-16(28)11(21)8-13(26)27/h9-12,14-15,25H,4-8,20-21H2,1-3H3,(H,22,30)(H,23,29)(H,24,28)(H,26,27)(H,31,32). The zero-order valence-electron chi connectivity index (χ0n) is 18.5. The van der Waals surface area contributed by atoms with Gasteiger partial charge in [0.15, 0.2) is 0 Å². The molecule has 0 bridgehead atoms. The van der Waals surface area contributed by atoms with Crippen molar-refractivity contribution in [1.29, 1.82) is 0 Å². The molecule has 184 valence electrons. The molecule has 3 amide bonds. The molecule has 5 unspecified atom stereocenters. The van der Waals surface area contributed by atoms with Crippen LogP contribution >= 0.6 is 0 Å². The van der Waals surface area contributed by atoms with E-state index in [0.29, 0.717) is 19.4 Å². The van der Waals surface area contributed by atoms with E-state index in [1.807, 2.05) is 0 Å². The number of aliphatic hydroxyl groups excluding tert-OH is 1. The molecule has 0 saturated carbocycles. The van der Waals surface area contributed by atoms with Crippen LogP contribution in [0.5, 0.6) is 0 Å². The maximum Gasteiger partial charge on any atom is 0.326 e. The predicted molar refractivity (Wildman–Crippen MR) is 113 cm³/mol. The summed E-state index contributed by atoms with van der Waals surface area (Å²) in [5, 5.41) is 34.9. The summed E-state index contributed by atoms with van der Waals surface area (Å²) in [6.07, 6.45) is -0.948. The molecule has 0 aromatic rings. The maximum absolute atomic E-state index is 12.7. The van der Waals surface area contributed by atoms with E-state index in [1.165, 1.54) is 6.92 Å². The predicted octanol–water partition coefficient (Wildman–Crippen LogP) is -2.51. The number of nitrogens with one attached hydrogen (secondary N) is 3. The molecule has 0 heterocycles. The van der Waals surface area contributed by atoms with Gasteiger partial charge in [-0.05, 0) is 38.6 Å². The van der Waals surface area contributed by atoms with Crippen LogP contribution in [-0.4, -0.2) is 81.8 Å². The lowest BCUT2D eigenvalue weighted by Crippen LogP contribution is -2.60. The van der Waals surface area contributed by atoms with Gasteiger partial charge in [-0.25, -0.2) is 4.79 Å². The minimum absolute atomic E-state index is 0.137. The molecule has 5 atom stereocenters. The third-order valence-electron chi connectivity index (χ3n) is 4.60. The van der Waals surface area contributed by atoms with Crippen LogP contribution < -0.4 is 27.4 Å². The van der Waals surface area contributed by atoms with Crippen LogP contribution in [0.3, 0.4) is 0 Å². The molecule has 32 heavy (non-hydrogen) atoms. The van der Waals surface area contributed by atoms with Crippen LogP contribution in [0, 0.1) is 5.92 Å². The number of rotatable bonds is 15. The molecule has 0 fully saturated rings. The van der Waals surface area contributed by atoms with Gasteiger partial charge in [0.1, 0.15) is 18.1 Å². The lowest BCUT2D eigenvalue weighted by Gasteiger charge is -2.27. The molecule has 0 aliphatic rings. The minimum Gasteiger partial charge on any atom is -0.481 e. The second-order valence-corrected chi connectivity index (χ2v) is 7.85. The Morgan fingerprint density at radius 3 is 1.84 bits per heavy atom. The van der Waals surface area contributed by atoms with Gasteiger partial charge < -0.3 is 42.7 Å². The van der Waals surface area contributed by atoms with Gasteiger partial charge in [-0.3, -0.25) is 19.2 Å². The van der Waals surface area contributed by atoms with Gasteiger partial charge in [-0.1, -0.05) is 13.8 Å². The van der Waals surface area contributed by atoms with Crippen LogP contribution in [0.2, 0.25) is 0 Å². The van der Waals surface area contributed by atoms with E-state index >= 15 is 0 Å². The van der Waals surface area contributed by atoms with Crippen molar-refractivity contribution in [3.05, 3.63) is 0 Å². The van der Waals surface area contributed by atoms with Crippen LogP contribution in [-0.2, 0) is 24.0 Å². The number of carboxylic acid groups (broad SMARTS) is 2. The van der Waals surface area contributed by atoms with E-state index in [9.17, 15) is 34.2 Å². The molecular weight excluding hydrogens is 426 g/mol. The fourth-order valence-electron chi connectivity index (χ4n) is 2.74. The number of hydrogen-bond acceptors (Lipinski definition) is 8. The third kappa shape index (κ3) is 10.5. The van der Waals surface area contributed by atoms with E-state index in [-0.39, 0.29) is 6.42 Å². The van der Waals surface area contributed by atoms with Gasteiger partial charge >= 0.3 is 11.9 Å².